The molecule has 1 amide bonds. The predicted octanol–water partition coefficient (Wildman–Crippen LogP) is 2.65. The van der Waals surface area contributed by atoms with Crippen LogP contribution in [0, 0.1) is 10.1 Å². The SMILES string of the molecule is COc1c2n(ccc1=O)N1[C@H](c3ccccc3)[C@@H](OC(=O)c3ccc([N+](=O)[O-])cc3)C=C[C@H]1N(C)C2=O. The smallest absolute Gasteiger partial charge is 0.338 e. The van der Waals surface area contributed by atoms with E-state index in [-0.39, 0.29) is 22.7 Å². The molecule has 5 rings (SSSR count). The molecule has 0 bridgehead atoms. The van der Waals surface area contributed by atoms with E-state index >= 15 is 0 Å². The molecule has 0 N–H and O–H groups in total. The first-order valence-corrected chi connectivity index (χ1v) is 11.4. The van der Waals surface area contributed by atoms with E-state index in [0.717, 1.165) is 5.56 Å². The fraction of sp³-hybridized carbons (Fsp3) is 0.192. The molecule has 1 aromatic heterocycles. The van der Waals surface area contributed by atoms with Gasteiger partial charge in [0.1, 0.15) is 18.3 Å². The number of pyridine rings is 1. The van der Waals surface area contributed by atoms with Gasteiger partial charge in [-0.15, -0.1) is 0 Å². The third kappa shape index (κ3) is 3.99. The number of benzene rings is 2. The van der Waals surface area contributed by atoms with Gasteiger partial charge in [0, 0.05) is 31.4 Å². The highest BCUT2D eigenvalue weighted by Gasteiger charge is 2.45. The highest BCUT2D eigenvalue weighted by atomic mass is 16.6. The molecule has 11 nitrogen and oxygen atoms in total. The van der Waals surface area contributed by atoms with Crippen molar-refractivity contribution in [2.24, 2.45) is 0 Å². The zero-order chi connectivity index (χ0) is 26.3. The first-order chi connectivity index (χ1) is 17.8. The molecular weight excluding hydrogens is 480 g/mol. The van der Waals surface area contributed by atoms with Gasteiger partial charge in [-0.05, 0) is 29.8 Å². The lowest BCUT2D eigenvalue weighted by atomic mass is 9.95. The first-order valence-electron chi connectivity index (χ1n) is 11.4. The van der Waals surface area contributed by atoms with Crippen molar-refractivity contribution in [1.82, 2.24) is 9.58 Å². The van der Waals surface area contributed by atoms with Gasteiger partial charge in [0.05, 0.1) is 17.6 Å². The molecule has 3 heterocycles. The summed E-state index contributed by atoms with van der Waals surface area (Å²) in [5, 5.41) is 12.8. The van der Waals surface area contributed by atoms with E-state index in [1.54, 1.807) is 23.9 Å². The lowest BCUT2D eigenvalue weighted by Gasteiger charge is -2.51. The second-order valence-corrected chi connectivity index (χ2v) is 8.53. The molecule has 2 aromatic carbocycles. The van der Waals surface area contributed by atoms with E-state index < -0.39 is 40.5 Å². The molecule has 2 aliphatic heterocycles. The summed E-state index contributed by atoms with van der Waals surface area (Å²) >= 11 is 0. The second kappa shape index (κ2) is 9.26. The van der Waals surface area contributed by atoms with Crippen LogP contribution < -0.4 is 15.2 Å². The van der Waals surface area contributed by atoms with Crippen molar-refractivity contribution in [3.8, 4) is 5.75 Å². The average molecular weight is 502 g/mol. The largest absolute Gasteiger partial charge is 0.491 e. The number of amides is 1. The number of fused-ring (bicyclic) bond motifs is 3. The van der Waals surface area contributed by atoms with Gasteiger partial charge in [0.2, 0.25) is 5.43 Å². The minimum absolute atomic E-state index is 0.0606. The van der Waals surface area contributed by atoms with Crippen molar-refractivity contribution in [1.29, 1.82) is 0 Å². The number of nitrogens with zero attached hydrogens (tertiary/aromatic N) is 4. The number of aromatic nitrogens is 1. The maximum absolute atomic E-state index is 13.3. The molecule has 188 valence electrons. The van der Waals surface area contributed by atoms with Crippen LogP contribution in [0.2, 0.25) is 0 Å². The zero-order valence-corrected chi connectivity index (χ0v) is 19.9. The maximum Gasteiger partial charge on any atom is 0.338 e. The lowest BCUT2D eigenvalue weighted by Crippen LogP contribution is -2.63. The van der Waals surface area contributed by atoms with Gasteiger partial charge in [-0.2, -0.15) is 0 Å². The zero-order valence-electron chi connectivity index (χ0n) is 19.9. The minimum atomic E-state index is -0.804. The van der Waals surface area contributed by atoms with E-state index in [2.05, 4.69) is 0 Å². The van der Waals surface area contributed by atoms with Crippen molar-refractivity contribution in [2.75, 3.05) is 19.2 Å². The number of ether oxygens (including phenoxy) is 2. The monoisotopic (exact) mass is 502 g/mol. The van der Waals surface area contributed by atoms with Crippen LogP contribution in [0.25, 0.3) is 0 Å². The van der Waals surface area contributed by atoms with Crippen molar-refractivity contribution >= 4 is 17.6 Å². The average Bonchev–Trinajstić information content (AvgIpc) is 2.91. The van der Waals surface area contributed by atoms with Gasteiger partial charge >= 0.3 is 5.97 Å². The molecule has 0 saturated carbocycles. The molecule has 0 spiro atoms. The lowest BCUT2D eigenvalue weighted by molar-refractivity contribution is -0.384. The Kier molecular flexibility index (Phi) is 5.96. The Labute approximate surface area is 210 Å². The Bertz CT molecular complexity index is 1470. The number of nitro groups is 1. The van der Waals surface area contributed by atoms with E-state index in [4.69, 9.17) is 9.47 Å². The number of hydrogen-bond acceptors (Lipinski definition) is 8. The summed E-state index contributed by atoms with van der Waals surface area (Å²) in [6.07, 6.45) is 3.62. The van der Waals surface area contributed by atoms with Crippen LogP contribution in [-0.2, 0) is 4.74 Å². The summed E-state index contributed by atoms with van der Waals surface area (Å²) in [5.74, 6) is -1.14. The normalized spacial score (nSPS) is 20.2. The van der Waals surface area contributed by atoms with Crippen LogP contribution in [0.4, 0.5) is 5.69 Å². The van der Waals surface area contributed by atoms with Gasteiger partial charge < -0.3 is 14.4 Å². The fourth-order valence-electron chi connectivity index (χ4n) is 4.67. The summed E-state index contributed by atoms with van der Waals surface area (Å²) in [4.78, 5) is 50.7. The summed E-state index contributed by atoms with van der Waals surface area (Å²) in [6.45, 7) is 0. The number of likely N-dealkylation sites (N-methyl/N-ethyl adjacent to an activating group) is 1. The third-order valence-corrected chi connectivity index (χ3v) is 6.45. The molecule has 3 atom stereocenters. The van der Waals surface area contributed by atoms with Gasteiger partial charge in [0.25, 0.3) is 11.6 Å². The molecule has 11 heteroatoms. The van der Waals surface area contributed by atoms with Gasteiger partial charge in [-0.3, -0.25) is 29.4 Å². The summed E-state index contributed by atoms with van der Waals surface area (Å²) in [7, 11) is 2.95. The van der Waals surface area contributed by atoms with Crippen molar-refractivity contribution in [3.05, 3.63) is 116 Å². The Morgan fingerprint density at radius 3 is 2.35 bits per heavy atom. The van der Waals surface area contributed by atoms with Crippen molar-refractivity contribution in [2.45, 2.75) is 18.3 Å². The van der Waals surface area contributed by atoms with Gasteiger partial charge in [-0.1, -0.05) is 30.3 Å². The molecule has 2 aliphatic rings. The van der Waals surface area contributed by atoms with Crippen molar-refractivity contribution < 1.29 is 24.0 Å². The van der Waals surface area contributed by atoms with Crippen molar-refractivity contribution in [3.63, 3.8) is 0 Å². The Morgan fingerprint density at radius 1 is 1.00 bits per heavy atom. The molecule has 0 saturated heterocycles. The number of rotatable bonds is 5. The highest BCUT2D eigenvalue weighted by molar-refractivity contribution is 5.96. The number of methoxy groups -OCH3 is 1. The number of carbonyl (C=O) groups is 2. The van der Waals surface area contributed by atoms with E-state index in [1.807, 2.05) is 35.3 Å². The summed E-state index contributed by atoms with van der Waals surface area (Å²) < 4.78 is 12.8. The minimum Gasteiger partial charge on any atom is -0.491 e. The predicted molar refractivity (Wildman–Crippen MR) is 132 cm³/mol. The summed E-state index contributed by atoms with van der Waals surface area (Å²) in [6, 6.07) is 15.2. The topological polar surface area (TPSA) is 124 Å². The van der Waals surface area contributed by atoms with Gasteiger partial charge in [0.15, 0.2) is 11.4 Å². The molecule has 0 radical (unpaired) electrons. The molecule has 0 aliphatic carbocycles. The van der Waals surface area contributed by atoms with Crippen LogP contribution in [0.15, 0.2) is 83.8 Å². The van der Waals surface area contributed by atoms with Gasteiger partial charge in [-0.25, -0.2) is 4.79 Å². The van der Waals surface area contributed by atoms with Crippen LogP contribution in [0.3, 0.4) is 0 Å². The number of nitro benzene ring substituents is 1. The number of non-ortho nitro benzene ring substituents is 1. The Balaban J connectivity index is 1.60. The van der Waals surface area contributed by atoms with Crippen LogP contribution in [-0.4, -0.2) is 52.8 Å². The molecule has 0 fully saturated rings. The van der Waals surface area contributed by atoms with E-state index in [0.29, 0.717) is 0 Å². The fourth-order valence-corrected chi connectivity index (χ4v) is 4.67. The summed E-state index contributed by atoms with van der Waals surface area (Å²) in [5.41, 5.74) is 0.443. The molecular formula is C26H22N4O7. The number of carbonyl (C=O) groups excluding carboxylic acids is 2. The third-order valence-electron chi connectivity index (χ3n) is 6.45. The maximum atomic E-state index is 13.3. The molecule has 3 aromatic rings. The molecule has 0 unspecified atom stereocenters. The Hall–Kier alpha value is -4.93. The van der Waals surface area contributed by atoms with E-state index in [9.17, 15) is 24.5 Å². The Morgan fingerprint density at radius 2 is 1.70 bits per heavy atom. The van der Waals surface area contributed by atoms with Crippen LogP contribution in [0.5, 0.6) is 5.75 Å². The van der Waals surface area contributed by atoms with E-state index in [1.165, 1.54) is 48.5 Å². The quantitative estimate of drug-likeness (QED) is 0.226. The standard InChI is InChI=1S/C26H22N4O7/c1-27-21-13-12-20(37-26(33)17-8-10-18(11-9-17)30(34)35)22(16-6-4-3-5-7-16)29(21)28-15-14-19(31)24(36-2)23(28)25(27)32/h3-15,20-22H,1-2H3/t20-,21-,22+/m0/s1. The number of hydrogen-bond donors (Lipinski definition) is 0. The number of esters is 1. The van der Waals surface area contributed by atoms with Crippen LogP contribution >= 0.6 is 0 Å². The highest BCUT2D eigenvalue weighted by Crippen LogP contribution is 2.37. The van der Waals surface area contributed by atoms with Crippen LogP contribution in [0.1, 0.15) is 32.5 Å². The molecule has 37 heavy (non-hydrogen) atoms. The first kappa shape index (κ1) is 23.8. The second-order valence-electron chi connectivity index (χ2n) is 8.53.